The average Bonchev–Trinajstić information content (AvgIpc) is 2.37. The van der Waals surface area contributed by atoms with E-state index in [9.17, 15) is 14.4 Å². The topological polar surface area (TPSA) is 78.9 Å². The van der Waals surface area contributed by atoms with Crippen LogP contribution in [-0.4, -0.2) is 37.7 Å². The third kappa shape index (κ3) is 9.35. The average molecular weight is 288 g/mol. The molecule has 0 aliphatic rings. The summed E-state index contributed by atoms with van der Waals surface area (Å²) in [6, 6.07) is 0. The van der Waals surface area contributed by atoms with Crippen molar-refractivity contribution in [2.75, 3.05) is 19.8 Å². The molecule has 20 heavy (non-hydrogen) atoms. The highest BCUT2D eigenvalue weighted by molar-refractivity contribution is 5.74. The lowest BCUT2D eigenvalue weighted by Gasteiger charge is -2.14. The molecule has 6 nitrogen and oxygen atoms in total. The molecule has 0 aliphatic heterocycles. The highest BCUT2D eigenvalue weighted by Gasteiger charge is 2.20. The Kier molecular flexibility index (Phi) is 10.4. The Morgan fingerprint density at radius 1 is 0.750 bits per heavy atom. The molecule has 0 aromatic carbocycles. The van der Waals surface area contributed by atoms with Crippen LogP contribution in [0.5, 0.6) is 0 Å². The Morgan fingerprint density at radius 3 is 1.55 bits per heavy atom. The minimum absolute atomic E-state index is 0.103. The molecular weight excluding hydrogens is 264 g/mol. The van der Waals surface area contributed by atoms with Crippen molar-refractivity contribution in [1.29, 1.82) is 0 Å². The van der Waals surface area contributed by atoms with Gasteiger partial charge in [-0.3, -0.25) is 14.4 Å². The fourth-order valence-corrected chi connectivity index (χ4v) is 1.74. The Hall–Kier alpha value is -1.59. The zero-order chi connectivity index (χ0) is 15.4. The zero-order valence-corrected chi connectivity index (χ0v) is 12.5. The summed E-state index contributed by atoms with van der Waals surface area (Å²) >= 11 is 0. The standard InChI is InChI=1S/C14H24O6/c1-4-18-12(15)8-7-11(9-13(16)19-5-2)10-14(17)20-6-3/h11H,4-10H2,1-3H3. The van der Waals surface area contributed by atoms with Gasteiger partial charge in [0.25, 0.3) is 0 Å². The largest absolute Gasteiger partial charge is 0.466 e. The Balaban J connectivity index is 4.33. The number of carbonyl (C=O) groups is 3. The van der Waals surface area contributed by atoms with Gasteiger partial charge in [0.15, 0.2) is 0 Å². The van der Waals surface area contributed by atoms with Crippen molar-refractivity contribution in [3.05, 3.63) is 0 Å². The van der Waals surface area contributed by atoms with Gasteiger partial charge in [-0.15, -0.1) is 0 Å². The van der Waals surface area contributed by atoms with Gasteiger partial charge in [0, 0.05) is 19.3 Å². The molecule has 0 bridgehead atoms. The van der Waals surface area contributed by atoms with Crippen LogP contribution in [0.1, 0.15) is 46.5 Å². The van der Waals surface area contributed by atoms with E-state index < -0.39 is 0 Å². The number of hydrogen-bond donors (Lipinski definition) is 0. The van der Waals surface area contributed by atoms with Crippen LogP contribution in [0.25, 0.3) is 0 Å². The van der Waals surface area contributed by atoms with Crippen molar-refractivity contribution < 1.29 is 28.6 Å². The number of hydrogen-bond acceptors (Lipinski definition) is 6. The fraction of sp³-hybridized carbons (Fsp3) is 0.786. The summed E-state index contributed by atoms with van der Waals surface area (Å²) < 4.78 is 14.5. The third-order valence-electron chi connectivity index (χ3n) is 2.58. The summed E-state index contributed by atoms with van der Waals surface area (Å²) in [7, 11) is 0. The molecule has 0 spiro atoms. The second-order valence-corrected chi connectivity index (χ2v) is 4.23. The van der Waals surface area contributed by atoms with E-state index in [0.717, 1.165) is 0 Å². The van der Waals surface area contributed by atoms with E-state index in [2.05, 4.69) is 0 Å². The van der Waals surface area contributed by atoms with E-state index in [4.69, 9.17) is 14.2 Å². The van der Waals surface area contributed by atoms with Gasteiger partial charge in [-0.2, -0.15) is 0 Å². The first-order valence-corrected chi connectivity index (χ1v) is 7.00. The molecule has 0 aromatic rings. The van der Waals surface area contributed by atoms with Gasteiger partial charge in [0.2, 0.25) is 0 Å². The third-order valence-corrected chi connectivity index (χ3v) is 2.58. The summed E-state index contributed by atoms with van der Waals surface area (Å²) in [5.74, 6) is -1.33. The van der Waals surface area contributed by atoms with Crippen molar-refractivity contribution in [3.8, 4) is 0 Å². The van der Waals surface area contributed by atoms with Gasteiger partial charge in [-0.05, 0) is 33.1 Å². The molecule has 0 saturated heterocycles. The highest BCUT2D eigenvalue weighted by Crippen LogP contribution is 2.18. The second-order valence-electron chi connectivity index (χ2n) is 4.23. The molecule has 0 saturated carbocycles. The predicted octanol–water partition coefficient (Wildman–Crippen LogP) is 1.85. The number of ether oxygens (including phenoxy) is 3. The molecule has 0 aromatic heterocycles. The lowest BCUT2D eigenvalue weighted by Crippen LogP contribution is -2.18. The Labute approximate surface area is 119 Å². The molecule has 0 rings (SSSR count). The molecule has 0 unspecified atom stereocenters. The van der Waals surface area contributed by atoms with Gasteiger partial charge < -0.3 is 14.2 Å². The minimum Gasteiger partial charge on any atom is -0.466 e. The van der Waals surface area contributed by atoms with E-state index >= 15 is 0 Å². The van der Waals surface area contributed by atoms with E-state index in [1.807, 2.05) is 0 Å². The molecule has 0 amide bonds. The minimum atomic E-state index is -0.370. The van der Waals surface area contributed by atoms with Crippen molar-refractivity contribution in [1.82, 2.24) is 0 Å². The van der Waals surface area contributed by atoms with Gasteiger partial charge >= 0.3 is 17.9 Å². The fourth-order valence-electron chi connectivity index (χ4n) is 1.74. The van der Waals surface area contributed by atoms with E-state index in [0.29, 0.717) is 26.2 Å². The van der Waals surface area contributed by atoms with Crippen LogP contribution in [0.15, 0.2) is 0 Å². The van der Waals surface area contributed by atoms with Crippen LogP contribution >= 0.6 is 0 Å². The molecule has 116 valence electrons. The number of esters is 3. The zero-order valence-electron chi connectivity index (χ0n) is 12.5. The van der Waals surface area contributed by atoms with E-state index in [1.165, 1.54) is 0 Å². The predicted molar refractivity (Wildman–Crippen MR) is 71.9 cm³/mol. The SMILES string of the molecule is CCOC(=O)CCC(CC(=O)OCC)CC(=O)OCC. The van der Waals surface area contributed by atoms with Gasteiger partial charge in [-0.25, -0.2) is 0 Å². The first-order valence-electron chi connectivity index (χ1n) is 7.00. The summed E-state index contributed by atoms with van der Waals surface area (Å²) in [4.78, 5) is 34.3. The van der Waals surface area contributed by atoms with Crippen molar-refractivity contribution in [3.63, 3.8) is 0 Å². The van der Waals surface area contributed by atoms with Crippen LogP contribution in [0, 0.1) is 5.92 Å². The Bertz CT molecular complexity index is 293. The quantitative estimate of drug-likeness (QED) is 0.451. The van der Waals surface area contributed by atoms with Gasteiger partial charge in [0.05, 0.1) is 19.8 Å². The lowest BCUT2D eigenvalue weighted by molar-refractivity contribution is -0.149. The molecule has 0 atom stereocenters. The molecule has 0 heterocycles. The summed E-state index contributed by atoms with van der Waals surface area (Å²) in [6.45, 7) is 6.07. The summed E-state index contributed by atoms with van der Waals surface area (Å²) in [6.07, 6.45) is 0.784. The van der Waals surface area contributed by atoms with Crippen LogP contribution in [0.4, 0.5) is 0 Å². The maximum atomic E-state index is 11.5. The number of rotatable bonds is 10. The van der Waals surface area contributed by atoms with Crippen molar-refractivity contribution in [2.45, 2.75) is 46.5 Å². The second kappa shape index (κ2) is 11.3. The smallest absolute Gasteiger partial charge is 0.306 e. The van der Waals surface area contributed by atoms with Crippen LogP contribution in [0.3, 0.4) is 0 Å². The first kappa shape index (κ1) is 18.4. The summed E-state index contributed by atoms with van der Waals surface area (Å²) in [5, 5.41) is 0. The Morgan fingerprint density at radius 2 is 1.15 bits per heavy atom. The van der Waals surface area contributed by atoms with E-state index in [-0.39, 0.29) is 43.1 Å². The highest BCUT2D eigenvalue weighted by atomic mass is 16.5. The summed E-state index contributed by atoms with van der Waals surface area (Å²) in [5.41, 5.74) is 0. The molecule has 6 heteroatoms. The van der Waals surface area contributed by atoms with Crippen molar-refractivity contribution >= 4 is 17.9 Å². The molecular formula is C14H24O6. The molecule has 0 fully saturated rings. The first-order chi connectivity index (χ1) is 9.53. The normalized spacial score (nSPS) is 10.2. The maximum Gasteiger partial charge on any atom is 0.306 e. The van der Waals surface area contributed by atoms with Crippen LogP contribution in [-0.2, 0) is 28.6 Å². The lowest BCUT2D eigenvalue weighted by atomic mass is 9.96. The molecule has 0 radical (unpaired) electrons. The molecule has 0 aliphatic carbocycles. The van der Waals surface area contributed by atoms with Crippen molar-refractivity contribution in [2.24, 2.45) is 5.92 Å². The van der Waals surface area contributed by atoms with Crippen LogP contribution < -0.4 is 0 Å². The molecule has 0 N–H and O–H groups in total. The maximum absolute atomic E-state index is 11.5. The van der Waals surface area contributed by atoms with E-state index in [1.54, 1.807) is 20.8 Å². The number of carbonyl (C=O) groups excluding carboxylic acids is 3. The van der Waals surface area contributed by atoms with Gasteiger partial charge in [0.1, 0.15) is 0 Å². The van der Waals surface area contributed by atoms with Crippen LogP contribution in [0.2, 0.25) is 0 Å². The van der Waals surface area contributed by atoms with Gasteiger partial charge in [-0.1, -0.05) is 0 Å². The monoisotopic (exact) mass is 288 g/mol.